The van der Waals surface area contributed by atoms with E-state index in [0.29, 0.717) is 17.8 Å². The van der Waals surface area contributed by atoms with Gasteiger partial charge in [-0.1, -0.05) is 31.0 Å². The molecule has 4 rings (SSSR count). The molecule has 1 fully saturated rings. The minimum Gasteiger partial charge on any atom is -0.465 e. The topological polar surface area (TPSA) is 77.9 Å². The van der Waals surface area contributed by atoms with Crippen LogP contribution in [0, 0.1) is 23.5 Å². The zero-order valence-corrected chi connectivity index (χ0v) is 20.5. The van der Waals surface area contributed by atoms with Gasteiger partial charge in [-0.05, 0) is 56.4 Å². The lowest BCUT2D eigenvalue weighted by Crippen LogP contribution is -2.37. The fraction of sp³-hybridized carbons (Fsp3) is 0.429. The molecule has 0 radical (unpaired) electrons. The summed E-state index contributed by atoms with van der Waals surface area (Å²) in [6.07, 6.45) is 6.19. The molecule has 8 heteroatoms. The quantitative estimate of drug-likeness (QED) is 0.462. The van der Waals surface area contributed by atoms with Gasteiger partial charge in [0.15, 0.2) is 11.6 Å². The molecule has 0 N–H and O–H groups in total. The van der Waals surface area contributed by atoms with Crippen molar-refractivity contribution >= 4 is 17.7 Å². The summed E-state index contributed by atoms with van der Waals surface area (Å²) in [5, 5.41) is 0. The van der Waals surface area contributed by atoms with Crippen molar-refractivity contribution in [1.29, 1.82) is 0 Å². The van der Waals surface area contributed by atoms with Gasteiger partial charge in [-0.2, -0.15) is 0 Å². The Bertz CT molecular complexity index is 1170. The van der Waals surface area contributed by atoms with Crippen molar-refractivity contribution in [2.75, 3.05) is 13.2 Å². The number of rotatable bonds is 8. The van der Waals surface area contributed by atoms with Crippen molar-refractivity contribution in [3.05, 3.63) is 76.8 Å². The van der Waals surface area contributed by atoms with Gasteiger partial charge >= 0.3 is 11.9 Å². The van der Waals surface area contributed by atoms with Gasteiger partial charge < -0.3 is 9.47 Å². The van der Waals surface area contributed by atoms with E-state index in [2.05, 4.69) is 9.98 Å². The number of pyridine rings is 1. The van der Waals surface area contributed by atoms with Gasteiger partial charge in [-0.25, -0.2) is 13.6 Å². The number of carbonyl (C=O) groups is 2. The average Bonchev–Trinajstić information content (AvgIpc) is 3.38. The molecule has 1 aromatic heterocycles. The number of ether oxygens (including phenoxy) is 2. The Balaban J connectivity index is 1.62. The molecule has 1 aliphatic heterocycles. The molecule has 0 spiro atoms. The van der Waals surface area contributed by atoms with Crippen LogP contribution in [0.15, 0.2) is 58.9 Å². The van der Waals surface area contributed by atoms with Crippen LogP contribution >= 0.6 is 0 Å². The zero-order valence-electron chi connectivity index (χ0n) is 20.5. The molecule has 2 heterocycles. The third-order valence-corrected chi connectivity index (χ3v) is 6.87. The Morgan fingerprint density at radius 1 is 1.03 bits per heavy atom. The predicted octanol–water partition coefficient (Wildman–Crippen LogP) is 5.33. The summed E-state index contributed by atoms with van der Waals surface area (Å²) in [5.41, 5.74) is 1.33. The molecule has 1 aromatic carbocycles. The van der Waals surface area contributed by atoms with Crippen LogP contribution in [0.5, 0.6) is 0 Å². The smallest absolute Gasteiger partial charge is 0.336 e. The van der Waals surface area contributed by atoms with Gasteiger partial charge in [-0.15, -0.1) is 0 Å². The van der Waals surface area contributed by atoms with Crippen molar-refractivity contribution in [2.45, 2.75) is 51.9 Å². The highest BCUT2D eigenvalue weighted by Crippen LogP contribution is 2.41. The number of halogens is 2. The van der Waals surface area contributed by atoms with E-state index in [1.165, 1.54) is 12.1 Å². The molecule has 0 saturated heterocycles. The van der Waals surface area contributed by atoms with E-state index in [4.69, 9.17) is 9.47 Å². The van der Waals surface area contributed by atoms with E-state index in [0.717, 1.165) is 37.4 Å². The van der Waals surface area contributed by atoms with E-state index in [1.54, 1.807) is 26.1 Å². The fourth-order valence-electron chi connectivity index (χ4n) is 5.04. The number of benzene rings is 1. The number of esters is 2. The zero-order chi connectivity index (χ0) is 25.7. The standard InChI is InChI=1S/C28H30F2N2O4/c1-17-23(27(33)35-15-13-20-10-5-6-14-31-20)25(21-11-7-12-22(29)26(21)30)24(18(2)32-17)28(34)36-16-19-8-3-4-9-19/h5-7,10-12,14,19,24-25H,3-4,8-9,13,15-16H2,1-2H3. The highest BCUT2D eigenvalue weighted by atomic mass is 19.2. The number of aromatic nitrogens is 1. The van der Waals surface area contributed by atoms with Crippen LogP contribution in [0.3, 0.4) is 0 Å². The number of aliphatic imine (C=N–C) groups is 1. The first-order valence-corrected chi connectivity index (χ1v) is 12.3. The van der Waals surface area contributed by atoms with Crippen molar-refractivity contribution in [3.8, 4) is 0 Å². The van der Waals surface area contributed by atoms with Crippen LogP contribution < -0.4 is 0 Å². The maximum atomic E-state index is 15.1. The number of nitrogens with zero attached hydrogens (tertiary/aromatic N) is 2. The van der Waals surface area contributed by atoms with E-state index >= 15 is 4.39 Å². The number of hydrogen-bond donors (Lipinski definition) is 0. The van der Waals surface area contributed by atoms with Crippen LogP contribution in [-0.4, -0.2) is 35.8 Å². The molecule has 2 atom stereocenters. The molecule has 0 bridgehead atoms. The summed E-state index contributed by atoms with van der Waals surface area (Å²) >= 11 is 0. The largest absolute Gasteiger partial charge is 0.465 e. The molecule has 36 heavy (non-hydrogen) atoms. The van der Waals surface area contributed by atoms with E-state index in [9.17, 15) is 14.0 Å². The monoisotopic (exact) mass is 496 g/mol. The normalized spacial score (nSPS) is 20.3. The fourth-order valence-corrected chi connectivity index (χ4v) is 5.04. The van der Waals surface area contributed by atoms with E-state index in [-0.39, 0.29) is 30.3 Å². The van der Waals surface area contributed by atoms with Crippen LogP contribution in [-0.2, 0) is 25.5 Å². The van der Waals surface area contributed by atoms with Crippen LogP contribution in [0.4, 0.5) is 8.78 Å². The van der Waals surface area contributed by atoms with Crippen LogP contribution in [0.2, 0.25) is 0 Å². The predicted molar refractivity (Wildman–Crippen MR) is 130 cm³/mol. The second kappa shape index (κ2) is 11.5. The Morgan fingerprint density at radius 2 is 1.81 bits per heavy atom. The minimum atomic E-state index is -1.13. The Hall–Kier alpha value is -3.42. The number of hydrogen-bond acceptors (Lipinski definition) is 6. The number of allylic oxidation sites excluding steroid dienone is 1. The Kier molecular flexibility index (Phi) is 8.23. The van der Waals surface area contributed by atoms with Gasteiger partial charge in [0.1, 0.15) is 5.92 Å². The van der Waals surface area contributed by atoms with Gasteiger partial charge in [0.05, 0.1) is 18.8 Å². The molecule has 190 valence electrons. The maximum absolute atomic E-state index is 15.1. The molecule has 2 aromatic rings. The van der Waals surface area contributed by atoms with Gasteiger partial charge in [0, 0.05) is 35.6 Å². The Morgan fingerprint density at radius 3 is 2.53 bits per heavy atom. The molecule has 2 aliphatic rings. The molecule has 0 amide bonds. The third-order valence-electron chi connectivity index (χ3n) is 6.87. The van der Waals surface area contributed by atoms with E-state index < -0.39 is 35.4 Å². The lowest BCUT2D eigenvalue weighted by molar-refractivity contribution is -0.148. The lowest BCUT2D eigenvalue weighted by Gasteiger charge is -2.32. The van der Waals surface area contributed by atoms with E-state index in [1.807, 2.05) is 12.1 Å². The van der Waals surface area contributed by atoms with Gasteiger partial charge in [0.2, 0.25) is 0 Å². The van der Waals surface area contributed by atoms with Crippen LogP contribution in [0.1, 0.15) is 56.7 Å². The molecular formula is C28H30F2N2O4. The lowest BCUT2D eigenvalue weighted by atomic mass is 9.75. The highest BCUT2D eigenvalue weighted by molar-refractivity contribution is 6.07. The summed E-state index contributed by atoms with van der Waals surface area (Å²) in [6, 6.07) is 9.17. The molecule has 1 aliphatic carbocycles. The second-order valence-corrected chi connectivity index (χ2v) is 9.34. The SMILES string of the molecule is CC1=NC(C)=C(C(=O)OCCc2ccccn2)C(c2cccc(F)c2F)C1C(=O)OCC1CCCC1. The first-order valence-electron chi connectivity index (χ1n) is 12.3. The third kappa shape index (κ3) is 5.69. The summed E-state index contributed by atoms with van der Waals surface area (Å²) < 4.78 is 40.5. The number of carbonyl (C=O) groups excluding carboxylic acids is 2. The first-order chi connectivity index (χ1) is 17.4. The summed E-state index contributed by atoms with van der Waals surface area (Å²) in [5.74, 6) is -5.44. The van der Waals surface area contributed by atoms with Crippen molar-refractivity contribution in [3.63, 3.8) is 0 Å². The second-order valence-electron chi connectivity index (χ2n) is 9.34. The highest BCUT2D eigenvalue weighted by Gasteiger charge is 2.44. The molecule has 1 saturated carbocycles. The van der Waals surface area contributed by atoms with Crippen molar-refractivity contribution in [1.82, 2.24) is 4.98 Å². The van der Waals surface area contributed by atoms with Gasteiger partial charge in [0.25, 0.3) is 0 Å². The maximum Gasteiger partial charge on any atom is 0.336 e. The van der Waals surface area contributed by atoms with Crippen LogP contribution in [0.25, 0.3) is 0 Å². The molecule has 6 nitrogen and oxygen atoms in total. The average molecular weight is 497 g/mol. The Labute approximate surface area is 209 Å². The summed E-state index contributed by atoms with van der Waals surface area (Å²) in [7, 11) is 0. The first kappa shape index (κ1) is 25.7. The van der Waals surface area contributed by atoms with Gasteiger partial charge in [-0.3, -0.25) is 14.8 Å². The molecular weight excluding hydrogens is 466 g/mol. The van der Waals surface area contributed by atoms with Crippen molar-refractivity contribution < 1.29 is 27.8 Å². The summed E-state index contributed by atoms with van der Waals surface area (Å²) in [6.45, 7) is 3.53. The van der Waals surface area contributed by atoms with Crippen molar-refractivity contribution in [2.24, 2.45) is 16.8 Å². The summed E-state index contributed by atoms with van der Waals surface area (Å²) in [4.78, 5) is 35.2. The minimum absolute atomic E-state index is 0.0222. The molecule has 2 unspecified atom stereocenters.